The first-order valence-electron chi connectivity index (χ1n) is 15.6. The molecule has 0 radical (unpaired) electrons. The normalized spacial score (nSPS) is 11.3. The fourth-order valence-electron chi connectivity index (χ4n) is 6.52. The zero-order valence-corrected chi connectivity index (χ0v) is 25.9. The number of aromatic nitrogens is 3. The lowest BCUT2D eigenvalue weighted by molar-refractivity contribution is -0.671. The Morgan fingerprint density at radius 1 is 0.435 bits per heavy atom. The van der Waals surface area contributed by atoms with E-state index in [0.717, 1.165) is 44.8 Å². The van der Waals surface area contributed by atoms with Crippen LogP contribution in [-0.2, 0) is 7.05 Å². The second kappa shape index (κ2) is 11.5. The Morgan fingerprint density at radius 3 is 1.67 bits per heavy atom. The monoisotopic (exact) mass is 590 g/mol. The molecule has 0 aliphatic rings. The summed E-state index contributed by atoms with van der Waals surface area (Å²) in [5, 5.41) is 4.95. The van der Waals surface area contributed by atoms with Crippen LogP contribution < -0.4 is 4.57 Å². The molecule has 0 fully saturated rings. The summed E-state index contributed by atoms with van der Waals surface area (Å²) in [6.07, 6.45) is 4.33. The van der Waals surface area contributed by atoms with E-state index in [-0.39, 0.29) is 0 Å². The minimum absolute atomic E-state index is 0.699. The van der Waals surface area contributed by atoms with Gasteiger partial charge in [-0.15, -0.1) is 0 Å². The van der Waals surface area contributed by atoms with Gasteiger partial charge in [-0.05, 0) is 81.6 Å². The maximum absolute atomic E-state index is 5.20. The van der Waals surface area contributed by atoms with Gasteiger partial charge in [0.1, 0.15) is 7.05 Å². The van der Waals surface area contributed by atoms with E-state index in [0.29, 0.717) is 5.82 Å². The van der Waals surface area contributed by atoms with Crippen LogP contribution in [0.4, 0.5) is 0 Å². The van der Waals surface area contributed by atoms with E-state index >= 15 is 0 Å². The minimum Gasteiger partial charge on any atom is -0.228 e. The predicted molar refractivity (Wildman–Crippen MR) is 190 cm³/mol. The molecule has 6 aromatic carbocycles. The van der Waals surface area contributed by atoms with Crippen molar-refractivity contribution >= 4 is 21.5 Å². The molecule has 3 nitrogen and oxygen atoms in total. The number of aryl methyl sites for hydroxylation is 2. The summed E-state index contributed by atoms with van der Waals surface area (Å²) in [6.45, 7) is 2.14. The first-order valence-corrected chi connectivity index (χ1v) is 15.6. The van der Waals surface area contributed by atoms with Gasteiger partial charge in [-0.3, -0.25) is 0 Å². The molecule has 0 saturated carbocycles. The number of fused-ring (bicyclic) bond motifs is 3. The SMILES string of the molecule is Cc1cc(-c2cc(-c3nc(-c4ccccc4)cc(-c4ccccc4)n3)cc(-c3cc4ccccc4c4ccccc34)c2)c[n+](C)c1. The molecule has 0 N–H and O–H groups in total. The number of hydrogen-bond acceptors (Lipinski definition) is 2. The molecule has 0 bridgehead atoms. The van der Waals surface area contributed by atoms with Gasteiger partial charge in [-0.25, -0.2) is 14.5 Å². The maximum Gasteiger partial charge on any atom is 0.176 e. The molecule has 0 aliphatic carbocycles. The zero-order valence-electron chi connectivity index (χ0n) is 25.9. The van der Waals surface area contributed by atoms with E-state index in [9.17, 15) is 0 Å². The number of rotatable bonds is 5. The Balaban J connectivity index is 1.42. The van der Waals surface area contributed by atoms with E-state index in [1.807, 2.05) is 12.1 Å². The molecule has 0 saturated heterocycles. The first-order chi connectivity index (χ1) is 22.6. The summed E-state index contributed by atoms with van der Waals surface area (Å²) in [5.41, 5.74) is 10.7. The van der Waals surface area contributed by atoms with Crippen LogP contribution in [0.5, 0.6) is 0 Å². The quantitative estimate of drug-likeness (QED) is 0.147. The minimum atomic E-state index is 0.699. The number of pyridine rings is 1. The van der Waals surface area contributed by atoms with Crippen molar-refractivity contribution in [3.05, 3.63) is 164 Å². The second-order valence-electron chi connectivity index (χ2n) is 12.0. The summed E-state index contributed by atoms with van der Waals surface area (Å²) in [5.74, 6) is 0.699. The van der Waals surface area contributed by atoms with Crippen LogP contribution in [-0.4, -0.2) is 9.97 Å². The Bertz CT molecular complexity index is 2300. The highest BCUT2D eigenvalue weighted by Crippen LogP contribution is 2.39. The molecule has 0 amide bonds. The van der Waals surface area contributed by atoms with Crippen molar-refractivity contribution in [3.8, 4) is 56.2 Å². The standard InChI is InChI=1S/C43H32N3/c1-29-21-36(28-46(2)27-29)33-22-34(40-25-32-17-9-10-18-37(32)38-19-11-12-20-39(38)40)24-35(23-33)43-44-41(30-13-5-3-6-14-30)26-42(45-43)31-15-7-4-8-16-31/h3-28H,1-2H3/q+1. The van der Waals surface area contributed by atoms with Crippen LogP contribution in [0, 0.1) is 6.92 Å². The number of benzene rings is 6. The topological polar surface area (TPSA) is 29.7 Å². The predicted octanol–water partition coefficient (Wildman–Crippen LogP) is 10.3. The van der Waals surface area contributed by atoms with Crippen LogP contribution >= 0.6 is 0 Å². The molecule has 8 rings (SSSR count). The molecule has 46 heavy (non-hydrogen) atoms. The van der Waals surface area contributed by atoms with Gasteiger partial charge in [0.05, 0.1) is 11.4 Å². The first kappa shape index (κ1) is 27.6. The summed E-state index contributed by atoms with van der Waals surface area (Å²) in [6, 6.07) is 51.6. The summed E-state index contributed by atoms with van der Waals surface area (Å²) < 4.78 is 2.13. The van der Waals surface area contributed by atoms with E-state index in [1.165, 1.54) is 32.7 Å². The van der Waals surface area contributed by atoms with Crippen molar-refractivity contribution in [2.24, 2.45) is 7.05 Å². The fourth-order valence-corrected chi connectivity index (χ4v) is 6.52. The Hall–Kier alpha value is -5.93. The van der Waals surface area contributed by atoms with Crippen LogP contribution in [0.3, 0.4) is 0 Å². The highest BCUT2D eigenvalue weighted by molar-refractivity contribution is 6.14. The molecule has 3 heteroatoms. The third-order valence-corrected chi connectivity index (χ3v) is 8.60. The highest BCUT2D eigenvalue weighted by atomic mass is 14.9. The number of hydrogen-bond donors (Lipinski definition) is 0. The van der Waals surface area contributed by atoms with Crippen LogP contribution in [0.25, 0.3) is 77.7 Å². The van der Waals surface area contributed by atoms with Gasteiger partial charge >= 0.3 is 0 Å². The summed E-state index contributed by atoms with van der Waals surface area (Å²) in [7, 11) is 2.08. The van der Waals surface area contributed by atoms with Crippen molar-refractivity contribution in [2.45, 2.75) is 6.92 Å². The molecule has 2 aromatic heterocycles. The molecule has 0 atom stereocenters. The fraction of sp³-hybridized carbons (Fsp3) is 0.0465. The molecule has 0 spiro atoms. The summed E-state index contributed by atoms with van der Waals surface area (Å²) >= 11 is 0. The van der Waals surface area contributed by atoms with Crippen molar-refractivity contribution in [2.75, 3.05) is 0 Å². The molecule has 2 heterocycles. The molecular formula is C43H32N3+. The third kappa shape index (κ3) is 5.22. The van der Waals surface area contributed by atoms with Gasteiger partial charge in [0.25, 0.3) is 0 Å². The average molecular weight is 591 g/mol. The van der Waals surface area contributed by atoms with Gasteiger partial charge in [0.2, 0.25) is 0 Å². The Labute approximate surface area is 269 Å². The van der Waals surface area contributed by atoms with Crippen molar-refractivity contribution in [1.29, 1.82) is 0 Å². The third-order valence-electron chi connectivity index (χ3n) is 8.60. The number of nitrogens with zero attached hydrogens (tertiary/aromatic N) is 3. The van der Waals surface area contributed by atoms with E-state index < -0.39 is 0 Å². The largest absolute Gasteiger partial charge is 0.228 e. The molecule has 8 aromatic rings. The lowest BCUT2D eigenvalue weighted by atomic mass is 9.90. The Morgan fingerprint density at radius 2 is 1.00 bits per heavy atom. The lowest BCUT2D eigenvalue weighted by Gasteiger charge is -2.15. The maximum atomic E-state index is 5.20. The van der Waals surface area contributed by atoms with Gasteiger partial charge in [0.15, 0.2) is 18.2 Å². The van der Waals surface area contributed by atoms with E-state index in [2.05, 4.69) is 164 Å². The highest BCUT2D eigenvalue weighted by Gasteiger charge is 2.16. The second-order valence-corrected chi connectivity index (χ2v) is 12.0. The molecule has 0 unspecified atom stereocenters. The van der Waals surface area contributed by atoms with Crippen molar-refractivity contribution < 1.29 is 4.57 Å². The van der Waals surface area contributed by atoms with Gasteiger partial charge in [0, 0.05) is 27.8 Å². The van der Waals surface area contributed by atoms with Crippen molar-refractivity contribution in [1.82, 2.24) is 9.97 Å². The van der Waals surface area contributed by atoms with Gasteiger partial charge < -0.3 is 0 Å². The van der Waals surface area contributed by atoms with E-state index in [1.54, 1.807) is 0 Å². The molecule has 0 aliphatic heterocycles. The van der Waals surface area contributed by atoms with Gasteiger partial charge in [-0.2, -0.15) is 0 Å². The molecule has 218 valence electrons. The van der Waals surface area contributed by atoms with Crippen LogP contribution in [0.15, 0.2) is 158 Å². The average Bonchev–Trinajstić information content (AvgIpc) is 3.11. The summed E-state index contributed by atoms with van der Waals surface area (Å²) in [4.78, 5) is 10.4. The zero-order chi connectivity index (χ0) is 31.0. The lowest BCUT2D eigenvalue weighted by Crippen LogP contribution is -2.27. The molecular weight excluding hydrogens is 558 g/mol. The Kier molecular flexibility index (Phi) is 6.92. The van der Waals surface area contributed by atoms with E-state index in [4.69, 9.17) is 9.97 Å². The van der Waals surface area contributed by atoms with Crippen LogP contribution in [0.1, 0.15) is 5.56 Å². The smallest absolute Gasteiger partial charge is 0.176 e. The van der Waals surface area contributed by atoms with Gasteiger partial charge in [-0.1, -0.05) is 109 Å². The van der Waals surface area contributed by atoms with Crippen LogP contribution in [0.2, 0.25) is 0 Å². The van der Waals surface area contributed by atoms with Crippen molar-refractivity contribution in [3.63, 3.8) is 0 Å².